The molecule has 0 amide bonds. The van der Waals surface area contributed by atoms with Gasteiger partial charge in [-0.25, -0.2) is 0 Å². The Morgan fingerprint density at radius 3 is 2.63 bits per heavy atom. The average molecular weight is 446 g/mol. The van der Waals surface area contributed by atoms with Crippen LogP contribution in [0.4, 0.5) is 0 Å². The third-order valence-corrected chi connectivity index (χ3v) is 5.46. The Hall–Kier alpha value is -2.25. The lowest BCUT2D eigenvalue weighted by molar-refractivity contribution is 0.355. The summed E-state index contributed by atoms with van der Waals surface area (Å²) >= 11 is 5.16. The van der Waals surface area contributed by atoms with E-state index >= 15 is 0 Å². The predicted molar refractivity (Wildman–Crippen MR) is 112 cm³/mol. The molecule has 1 aromatic heterocycles. The largest absolute Gasteiger partial charge is 0.493 e. The monoisotopic (exact) mass is 445 g/mol. The Morgan fingerprint density at radius 2 is 1.93 bits per heavy atom. The van der Waals surface area contributed by atoms with Gasteiger partial charge in [0.05, 0.1) is 14.2 Å². The van der Waals surface area contributed by atoms with Crippen LogP contribution < -0.4 is 9.47 Å². The molecule has 0 aliphatic heterocycles. The molecular weight excluding hydrogens is 426 g/mol. The second-order valence-electron chi connectivity index (χ2n) is 5.69. The molecule has 5 nitrogen and oxygen atoms in total. The van der Waals surface area contributed by atoms with Crippen molar-refractivity contribution in [1.29, 1.82) is 0 Å². The Balaban J connectivity index is 1.90. The van der Waals surface area contributed by atoms with Crippen LogP contribution in [0.5, 0.6) is 11.5 Å². The Morgan fingerprint density at radius 1 is 1.11 bits per heavy atom. The number of hydrogen-bond acceptors (Lipinski definition) is 5. The minimum atomic E-state index is 0.623. The molecule has 1 heterocycles. The van der Waals surface area contributed by atoms with Crippen LogP contribution in [-0.2, 0) is 12.3 Å². The number of rotatable bonds is 8. The van der Waals surface area contributed by atoms with Gasteiger partial charge in [0.2, 0.25) is 0 Å². The number of nitrogens with zero attached hydrogens (tertiary/aromatic N) is 3. The van der Waals surface area contributed by atoms with E-state index in [1.54, 1.807) is 26.0 Å². The summed E-state index contributed by atoms with van der Waals surface area (Å²) in [6.45, 7) is 4.49. The highest BCUT2D eigenvalue weighted by Gasteiger charge is 2.16. The Labute approximate surface area is 171 Å². The molecule has 0 N–H and O–H groups in total. The molecule has 0 saturated carbocycles. The number of methoxy groups -OCH3 is 2. The maximum absolute atomic E-state index is 5.41. The molecule has 140 valence electrons. The van der Waals surface area contributed by atoms with Crippen molar-refractivity contribution < 1.29 is 9.47 Å². The zero-order chi connectivity index (χ0) is 19.2. The predicted octanol–water partition coefficient (Wildman–Crippen LogP) is 5.20. The molecule has 0 saturated heterocycles. The van der Waals surface area contributed by atoms with E-state index in [2.05, 4.69) is 49.4 Å². The normalized spacial score (nSPS) is 10.6. The van der Waals surface area contributed by atoms with Gasteiger partial charge in [-0.1, -0.05) is 45.9 Å². The quantitative estimate of drug-likeness (QED) is 0.352. The number of hydrogen-bond donors (Lipinski definition) is 0. The van der Waals surface area contributed by atoms with Gasteiger partial charge >= 0.3 is 0 Å². The summed E-state index contributed by atoms with van der Waals surface area (Å²) in [5.41, 5.74) is 2.13. The van der Waals surface area contributed by atoms with Gasteiger partial charge in [-0.15, -0.1) is 16.8 Å². The van der Waals surface area contributed by atoms with Crippen molar-refractivity contribution in [3.8, 4) is 22.9 Å². The highest BCUT2D eigenvalue weighted by molar-refractivity contribution is 9.10. The molecule has 0 aliphatic rings. The molecule has 0 radical (unpaired) electrons. The minimum Gasteiger partial charge on any atom is -0.493 e. The number of allylic oxidation sites excluding steroid dienone is 1. The summed E-state index contributed by atoms with van der Waals surface area (Å²) in [6.07, 6.45) is 1.84. The van der Waals surface area contributed by atoms with E-state index in [1.165, 1.54) is 5.56 Å². The lowest BCUT2D eigenvalue weighted by atomic mass is 10.2. The molecule has 0 fully saturated rings. The van der Waals surface area contributed by atoms with Gasteiger partial charge in [-0.2, -0.15) is 0 Å². The van der Waals surface area contributed by atoms with Gasteiger partial charge in [-0.05, 0) is 35.9 Å². The number of thioether (sulfide) groups is 1. The van der Waals surface area contributed by atoms with Gasteiger partial charge in [0.1, 0.15) is 0 Å². The fourth-order valence-electron chi connectivity index (χ4n) is 2.65. The molecular formula is C20H20BrN3O2S. The molecule has 3 aromatic rings. The van der Waals surface area contributed by atoms with Crippen LogP contribution in [-0.4, -0.2) is 29.0 Å². The van der Waals surface area contributed by atoms with E-state index in [9.17, 15) is 0 Å². The number of benzene rings is 2. The van der Waals surface area contributed by atoms with Crippen LogP contribution in [0.15, 0.2) is 64.7 Å². The van der Waals surface area contributed by atoms with Crippen LogP contribution in [0.1, 0.15) is 5.56 Å². The molecule has 27 heavy (non-hydrogen) atoms. The molecule has 0 atom stereocenters. The maximum Gasteiger partial charge on any atom is 0.192 e. The van der Waals surface area contributed by atoms with Crippen molar-refractivity contribution in [3.63, 3.8) is 0 Å². The third kappa shape index (κ3) is 4.54. The molecule has 0 spiro atoms. The smallest absolute Gasteiger partial charge is 0.192 e. The van der Waals surface area contributed by atoms with E-state index in [0.717, 1.165) is 26.8 Å². The van der Waals surface area contributed by atoms with E-state index in [4.69, 9.17) is 9.47 Å². The second-order valence-corrected chi connectivity index (χ2v) is 7.55. The molecule has 0 aliphatic carbocycles. The van der Waals surface area contributed by atoms with Crippen molar-refractivity contribution in [2.75, 3.05) is 14.2 Å². The molecule has 3 rings (SSSR count). The van der Waals surface area contributed by atoms with Gasteiger partial charge in [0.25, 0.3) is 0 Å². The first kappa shape index (κ1) is 19.5. The average Bonchev–Trinajstić information content (AvgIpc) is 3.09. The fraction of sp³-hybridized carbons (Fsp3) is 0.200. The SMILES string of the molecule is C=CCn1c(SCc2cccc(Br)c2)nnc1-c1ccc(OC)c(OC)c1. The number of halogens is 1. The summed E-state index contributed by atoms with van der Waals surface area (Å²) in [5.74, 6) is 2.92. The Bertz CT molecular complexity index is 943. The number of ether oxygens (including phenoxy) is 2. The third-order valence-electron chi connectivity index (χ3n) is 3.93. The van der Waals surface area contributed by atoms with Crippen molar-refractivity contribution in [1.82, 2.24) is 14.8 Å². The summed E-state index contributed by atoms with van der Waals surface area (Å²) in [6, 6.07) is 14.0. The topological polar surface area (TPSA) is 49.2 Å². The van der Waals surface area contributed by atoms with E-state index in [1.807, 2.05) is 36.4 Å². The fourth-order valence-corrected chi connectivity index (χ4v) is 3.99. The zero-order valence-electron chi connectivity index (χ0n) is 15.2. The first-order valence-electron chi connectivity index (χ1n) is 8.30. The zero-order valence-corrected chi connectivity index (χ0v) is 17.6. The first-order valence-corrected chi connectivity index (χ1v) is 10.1. The van der Waals surface area contributed by atoms with Crippen molar-refractivity contribution in [2.45, 2.75) is 17.5 Å². The van der Waals surface area contributed by atoms with Crippen LogP contribution in [0.2, 0.25) is 0 Å². The lowest BCUT2D eigenvalue weighted by Gasteiger charge is -2.11. The van der Waals surface area contributed by atoms with Crippen LogP contribution in [0.25, 0.3) is 11.4 Å². The summed E-state index contributed by atoms with van der Waals surface area (Å²) in [5, 5.41) is 9.64. The van der Waals surface area contributed by atoms with E-state index in [0.29, 0.717) is 18.0 Å². The van der Waals surface area contributed by atoms with Gasteiger partial charge in [0.15, 0.2) is 22.5 Å². The van der Waals surface area contributed by atoms with Crippen LogP contribution in [0.3, 0.4) is 0 Å². The molecule has 0 bridgehead atoms. The number of aromatic nitrogens is 3. The van der Waals surface area contributed by atoms with Crippen LogP contribution in [0, 0.1) is 0 Å². The summed E-state index contributed by atoms with van der Waals surface area (Å²) < 4.78 is 13.8. The first-order chi connectivity index (χ1) is 13.2. The minimum absolute atomic E-state index is 0.623. The van der Waals surface area contributed by atoms with E-state index in [-0.39, 0.29) is 0 Å². The standard InChI is InChI=1S/C20H20BrN3O2S/c1-4-10-24-19(15-8-9-17(25-2)18(12-15)26-3)22-23-20(24)27-13-14-6-5-7-16(21)11-14/h4-9,11-12H,1,10,13H2,2-3H3. The van der Waals surface area contributed by atoms with Crippen LogP contribution >= 0.6 is 27.7 Å². The van der Waals surface area contributed by atoms with Gasteiger partial charge < -0.3 is 9.47 Å². The summed E-state index contributed by atoms with van der Waals surface area (Å²) in [4.78, 5) is 0. The maximum atomic E-state index is 5.41. The van der Waals surface area contributed by atoms with Gasteiger partial charge in [-0.3, -0.25) is 4.57 Å². The van der Waals surface area contributed by atoms with Crippen molar-refractivity contribution in [2.24, 2.45) is 0 Å². The van der Waals surface area contributed by atoms with Crippen molar-refractivity contribution >= 4 is 27.7 Å². The van der Waals surface area contributed by atoms with E-state index < -0.39 is 0 Å². The Kier molecular flexibility index (Phi) is 6.58. The lowest BCUT2D eigenvalue weighted by Crippen LogP contribution is -2.01. The molecule has 7 heteroatoms. The molecule has 0 unspecified atom stereocenters. The van der Waals surface area contributed by atoms with Crippen molar-refractivity contribution in [3.05, 3.63) is 65.2 Å². The highest BCUT2D eigenvalue weighted by Crippen LogP contribution is 2.33. The molecule has 2 aromatic carbocycles. The second kappa shape index (κ2) is 9.10. The highest BCUT2D eigenvalue weighted by atomic mass is 79.9. The summed E-state index contributed by atoms with van der Waals surface area (Å²) in [7, 11) is 3.24. The van der Waals surface area contributed by atoms with Gasteiger partial charge in [0, 0.05) is 22.3 Å².